The lowest BCUT2D eigenvalue weighted by molar-refractivity contribution is -0.115. The van der Waals surface area contributed by atoms with Crippen LogP contribution in [0.3, 0.4) is 0 Å². The molecule has 1 aromatic carbocycles. The normalized spacial score (nSPS) is 10.4. The molecule has 0 bridgehead atoms. The monoisotopic (exact) mass is 278 g/mol. The molecule has 0 aliphatic carbocycles. The topological polar surface area (TPSA) is 94.0 Å². The number of aromatic nitrogens is 2. The highest BCUT2D eigenvalue weighted by Gasteiger charge is 2.08. The van der Waals surface area contributed by atoms with Gasteiger partial charge in [0.2, 0.25) is 11.8 Å². The fraction of sp³-hybridized carbons (Fsp3) is 0.250. The van der Waals surface area contributed by atoms with Gasteiger partial charge < -0.3 is 15.5 Å². The minimum Gasteiger partial charge on any atom is -0.414 e. The van der Waals surface area contributed by atoms with Gasteiger partial charge in [0.05, 0.1) is 12.3 Å². The van der Waals surface area contributed by atoms with Crippen molar-refractivity contribution in [3.63, 3.8) is 0 Å². The van der Waals surface area contributed by atoms with Crippen molar-refractivity contribution in [1.82, 2.24) is 10.2 Å². The predicted octanol–water partition coefficient (Wildman–Crippen LogP) is 1.57. The van der Waals surface area contributed by atoms with E-state index in [4.69, 9.17) is 10.2 Å². The molecule has 6 nitrogen and oxygen atoms in total. The molecule has 0 aliphatic rings. The van der Waals surface area contributed by atoms with Gasteiger partial charge in [0.15, 0.2) is 0 Å². The minimum absolute atomic E-state index is 0.132. The lowest BCUT2D eigenvalue weighted by Crippen LogP contribution is -2.12. The van der Waals surface area contributed by atoms with Crippen LogP contribution >= 0.6 is 11.8 Å². The Labute approximate surface area is 114 Å². The number of nitrogens with one attached hydrogen (secondary N) is 1. The van der Waals surface area contributed by atoms with Crippen molar-refractivity contribution in [1.29, 1.82) is 0 Å². The van der Waals surface area contributed by atoms with Crippen molar-refractivity contribution < 1.29 is 9.21 Å². The molecule has 3 N–H and O–H groups in total. The number of nitrogens with zero attached hydrogens (tertiary/aromatic N) is 2. The number of rotatable bonds is 6. The average Bonchev–Trinajstić information content (AvgIpc) is 2.83. The number of primary amides is 1. The highest BCUT2D eigenvalue weighted by atomic mass is 32.2. The molecule has 0 radical (unpaired) electrons. The van der Waals surface area contributed by atoms with Crippen molar-refractivity contribution in [2.24, 2.45) is 5.73 Å². The summed E-state index contributed by atoms with van der Waals surface area (Å²) in [6.07, 6.45) is 0. The van der Waals surface area contributed by atoms with Gasteiger partial charge in [-0.3, -0.25) is 4.79 Å². The molecule has 100 valence electrons. The number of para-hydroxylation sites is 1. The molecule has 0 saturated carbocycles. The zero-order chi connectivity index (χ0) is 13.7. The number of benzene rings is 1. The van der Waals surface area contributed by atoms with E-state index in [1.165, 1.54) is 0 Å². The van der Waals surface area contributed by atoms with E-state index in [0.717, 1.165) is 23.0 Å². The van der Waals surface area contributed by atoms with E-state index in [9.17, 15) is 4.79 Å². The molecule has 1 heterocycles. The van der Waals surface area contributed by atoms with Crippen LogP contribution in [0.4, 0.5) is 5.69 Å². The molecule has 1 aromatic heterocycles. The lowest BCUT2D eigenvalue weighted by Gasteiger charge is -2.06. The summed E-state index contributed by atoms with van der Waals surface area (Å²) >= 11 is 1.13. The second kappa shape index (κ2) is 6.24. The first-order valence-electron chi connectivity index (χ1n) is 5.68. The third-order valence-corrected chi connectivity index (χ3v) is 3.20. The molecule has 19 heavy (non-hydrogen) atoms. The molecular formula is C12H14N4O2S. The van der Waals surface area contributed by atoms with Crippen LogP contribution in [0.1, 0.15) is 11.5 Å². The van der Waals surface area contributed by atoms with Gasteiger partial charge in [-0.15, -0.1) is 10.2 Å². The van der Waals surface area contributed by atoms with E-state index in [2.05, 4.69) is 15.5 Å². The van der Waals surface area contributed by atoms with Gasteiger partial charge in [0, 0.05) is 5.69 Å². The standard InChI is InChI=1S/C12H14N4O2S/c1-8-4-2-3-5-9(8)14-6-11-15-16-12(18-11)19-7-10(13)17/h2-5,14H,6-7H2,1H3,(H2,13,17). The van der Waals surface area contributed by atoms with E-state index in [1.807, 2.05) is 31.2 Å². The van der Waals surface area contributed by atoms with Gasteiger partial charge in [-0.1, -0.05) is 30.0 Å². The van der Waals surface area contributed by atoms with Gasteiger partial charge in [0.1, 0.15) is 0 Å². The highest BCUT2D eigenvalue weighted by Crippen LogP contribution is 2.17. The largest absolute Gasteiger partial charge is 0.414 e. The van der Waals surface area contributed by atoms with Crippen LogP contribution < -0.4 is 11.1 Å². The second-order valence-corrected chi connectivity index (χ2v) is 4.81. The smallest absolute Gasteiger partial charge is 0.277 e. The first-order valence-corrected chi connectivity index (χ1v) is 6.66. The first-order chi connectivity index (χ1) is 9.15. The summed E-state index contributed by atoms with van der Waals surface area (Å²) in [5.41, 5.74) is 7.20. The van der Waals surface area contributed by atoms with Gasteiger partial charge in [-0.2, -0.15) is 0 Å². The van der Waals surface area contributed by atoms with E-state index in [0.29, 0.717) is 17.7 Å². The molecule has 0 fully saturated rings. The number of thioether (sulfide) groups is 1. The molecule has 0 atom stereocenters. The average molecular weight is 278 g/mol. The Morgan fingerprint density at radius 1 is 1.42 bits per heavy atom. The highest BCUT2D eigenvalue weighted by molar-refractivity contribution is 7.99. The number of anilines is 1. The maximum Gasteiger partial charge on any atom is 0.277 e. The van der Waals surface area contributed by atoms with Gasteiger partial charge in [-0.25, -0.2) is 0 Å². The number of carbonyl (C=O) groups is 1. The summed E-state index contributed by atoms with van der Waals surface area (Å²) in [5.74, 6) is 0.186. The van der Waals surface area contributed by atoms with Crippen molar-refractivity contribution in [2.45, 2.75) is 18.7 Å². The fourth-order valence-electron chi connectivity index (χ4n) is 1.44. The van der Waals surface area contributed by atoms with Crippen LogP contribution in [0, 0.1) is 6.92 Å². The molecule has 0 saturated heterocycles. The Balaban J connectivity index is 1.90. The van der Waals surface area contributed by atoms with Gasteiger partial charge in [0.25, 0.3) is 5.22 Å². The van der Waals surface area contributed by atoms with E-state index in [1.54, 1.807) is 0 Å². The first kappa shape index (κ1) is 13.4. The third-order valence-electron chi connectivity index (χ3n) is 2.36. The quantitative estimate of drug-likeness (QED) is 0.779. The second-order valence-electron chi connectivity index (χ2n) is 3.89. The third kappa shape index (κ3) is 3.99. The molecular weight excluding hydrogens is 264 g/mol. The Morgan fingerprint density at radius 2 is 2.21 bits per heavy atom. The summed E-state index contributed by atoms with van der Waals surface area (Å²) in [4.78, 5) is 10.6. The van der Waals surface area contributed by atoms with Crippen LogP contribution in [0.25, 0.3) is 0 Å². The zero-order valence-corrected chi connectivity index (χ0v) is 11.2. The van der Waals surface area contributed by atoms with E-state index >= 15 is 0 Å². The number of hydrogen-bond acceptors (Lipinski definition) is 6. The number of hydrogen-bond donors (Lipinski definition) is 2. The van der Waals surface area contributed by atoms with Gasteiger partial charge >= 0.3 is 0 Å². The van der Waals surface area contributed by atoms with E-state index in [-0.39, 0.29) is 5.75 Å². The summed E-state index contributed by atoms with van der Waals surface area (Å²) in [5, 5.41) is 11.3. The number of carbonyl (C=O) groups excluding carboxylic acids is 1. The summed E-state index contributed by atoms with van der Waals surface area (Å²) in [7, 11) is 0. The van der Waals surface area contributed by atoms with Crippen molar-refractivity contribution >= 4 is 23.4 Å². The SMILES string of the molecule is Cc1ccccc1NCc1nnc(SCC(N)=O)o1. The number of aryl methyl sites for hydroxylation is 1. The maximum atomic E-state index is 10.6. The summed E-state index contributed by atoms with van der Waals surface area (Å²) in [6, 6.07) is 7.93. The van der Waals surface area contributed by atoms with Crippen LogP contribution in [0.15, 0.2) is 33.9 Å². The predicted molar refractivity (Wildman–Crippen MR) is 72.7 cm³/mol. The molecule has 0 unspecified atom stereocenters. The summed E-state index contributed by atoms with van der Waals surface area (Å²) < 4.78 is 5.37. The van der Waals surface area contributed by atoms with Crippen LogP contribution in [0.5, 0.6) is 0 Å². The zero-order valence-electron chi connectivity index (χ0n) is 10.4. The van der Waals surface area contributed by atoms with Gasteiger partial charge in [-0.05, 0) is 18.6 Å². The van der Waals surface area contributed by atoms with Crippen LogP contribution in [0.2, 0.25) is 0 Å². The molecule has 2 aromatic rings. The van der Waals surface area contributed by atoms with Crippen LogP contribution in [-0.2, 0) is 11.3 Å². The fourth-order valence-corrected chi connectivity index (χ4v) is 1.96. The Morgan fingerprint density at radius 3 is 2.95 bits per heavy atom. The maximum absolute atomic E-state index is 10.6. The molecule has 7 heteroatoms. The molecule has 0 aliphatic heterocycles. The Kier molecular flexibility index (Phi) is 4.40. The molecule has 0 spiro atoms. The molecule has 1 amide bonds. The minimum atomic E-state index is -0.414. The Hall–Kier alpha value is -2.02. The van der Waals surface area contributed by atoms with Crippen molar-refractivity contribution in [3.05, 3.63) is 35.7 Å². The van der Waals surface area contributed by atoms with Crippen molar-refractivity contribution in [3.8, 4) is 0 Å². The molecule has 2 rings (SSSR count). The Bertz CT molecular complexity index is 570. The van der Waals surface area contributed by atoms with Crippen molar-refractivity contribution in [2.75, 3.05) is 11.1 Å². The van der Waals surface area contributed by atoms with Crippen LogP contribution in [-0.4, -0.2) is 21.9 Å². The number of amides is 1. The lowest BCUT2D eigenvalue weighted by atomic mass is 10.2. The van der Waals surface area contributed by atoms with E-state index < -0.39 is 5.91 Å². The number of nitrogens with two attached hydrogens (primary N) is 1. The summed E-state index contributed by atoms with van der Waals surface area (Å²) in [6.45, 7) is 2.46.